The predicted octanol–water partition coefficient (Wildman–Crippen LogP) is 11.3. The van der Waals surface area contributed by atoms with Gasteiger partial charge < -0.3 is 28.1 Å². The third-order valence-corrected chi connectivity index (χ3v) is 26.2. The topological polar surface area (TPSA) is 102 Å². The van der Waals surface area contributed by atoms with Crippen LogP contribution in [0.15, 0.2) is 67.0 Å². The summed E-state index contributed by atoms with van der Waals surface area (Å²) in [6.45, 7) is 35.4. The van der Waals surface area contributed by atoms with Crippen LogP contribution >= 0.6 is 0 Å². The number of nitrogens with one attached hydrogen (secondary N) is 1. The van der Waals surface area contributed by atoms with Crippen LogP contribution in [0.5, 0.6) is 5.88 Å². The van der Waals surface area contributed by atoms with Gasteiger partial charge in [-0.2, -0.15) is 9.97 Å². The molecule has 2 aromatic heterocycles. The zero-order valence-corrected chi connectivity index (χ0v) is 39.8. The van der Waals surface area contributed by atoms with Crippen LogP contribution in [-0.4, -0.2) is 69.9 Å². The van der Waals surface area contributed by atoms with Crippen molar-refractivity contribution in [3.05, 3.63) is 78.1 Å². The van der Waals surface area contributed by atoms with Crippen LogP contribution in [0.3, 0.4) is 0 Å². The first-order valence-corrected chi connectivity index (χ1v) is 28.9. The molecule has 1 aliphatic rings. The van der Waals surface area contributed by atoms with Gasteiger partial charge in [0.2, 0.25) is 11.8 Å². The highest BCUT2D eigenvalue weighted by Crippen LogP contribution is 2.43. The van der Waals surface area contributed by atoms with Gasteiger partial charge in [-0.25, -0.2) is 4.98 Å². The van der Waals surface area contributed by atoms with Crippen LogP contribution in [0.4, 0.5) is 5.95 Å². The number of rotatable bonds is 15. The minimum absolute atomic E-state index is 0.0417. The number of imidazole rings is 1. The Labute approximate surface area is 339 Å². The minimum atomic E-state index is -2.15. The Morgan fingerprint density at radius 1 is 0.768 bits per heavy atom. The zero-order valence-electron chi connectivity index (χ0n) is 36.8. The molecule has 1 N–H and O–H groups in total. The third kappa shape index (κ3) is 10.4. The highest BCUT2D eigenvalue weighted by atomic mass is 28.4. The van der Waals surface area contributed by atoms with Gasteiger partial charge in [0, 0.05) is 6.42 Å². The van der Waals surface area contributed by atoms with Gasteiger partial charge >= 0.3 is 0 Å². The maximum absolute atomic E-state index is 7.12. The monoisotopic (exact) mass is 819 g/mol. The molecule has 5 rings (SSSR count). The molecule has 56 heavy (non-hydrogen) atoms. The molecule has 4 aromatic rings. The molecule has 4 atom stereocenters. The van der Waals surface area contributed by atoms with Crippen molar-refractivity contribution < 1.29 is 22.8 Å². The molecule has 1 saturated heterocycles. The number of anilines is 1. The fourth-order valence-electron chi connectivity index (χ4n) is 5.77. The van der Waals surface area contributed by atoms with Crippen LogP contribution in [0.25, 0.3) is 11.2 Å². The average Bonchev–Trinajstić information content (AvgIpc) is 3.71. The van der Waals surface area contributed by atoms with Crippen molar-refractivity contribution in [2.24, 2.45) is 0 Å². The van der Waals surface area contributed by atoms with Crippen LogP contribution in [-0.2, 0) is 24.6 Å². The molecule has 0 aliphatic carbocycles. The molecule has 1 aliphatic heterocycles. The summed E-state index contributed by atoms with van der Waals surface area (Å²) in [5, 5.41) is 3.83. The Balaban J connectivity index is 1.53. The van der Waals surface area contributed by atoms with Crippen LogP contribution < -0.4 is 10.1 Å². The molecule has 0 spiro atoms. The lowest BCUT2D eigenvalue weighted by molar-refractivity contribution is -0.0383. The van der Waals surface area contributed by atoms with Crippen molar-refractivity contribution in [3.63, 3.8) is 0 Å². The van der Waals surface area contributed by atoms with Crippen molar-refractivity contribution in [2.45, 2.75) is 154 Å². The van der Waals surface area contributed by atoms with E-state index in [4.69, 9.17) is 37.7 Å². The molecule has 0 saturated carbocycles. The van der Waals surface area contributed by atoms with E-state index in [1.54, 1.807) is 6.33 Å². The van der Waals surface area contributed by atoms with E-state index in [0.717, 1.165) is 11.1 Å². The van der Waals surface area contributed by atoms with Gasteiger partial charge in [0.25, 0.3) is 0 Å². The average molecular weight is 820 g/mol. The van der Waals surface area contributed by atoms with Crippen molar-refractivity contribution in [1.29, 1.82) is 0 Å². The van der Waals surface area contributed by atoms with Gasteiger partial charge in [-0.1, -0.05) is 123 Å². The van der Waals surface area contributed by atoms with Gasteiger partial charge in [-0.3, -0.25) is 4.57 Å². The number of fused-ring (bicyclic) bond motifs is 1. The van der Waals surface area contributed by atoms with E-state index in [0.29, 0.717) is 49.2 Å². The van der Waals surface area contributed by atoms with E-state index in [1.807, 2.05) is 41.0 Å². The van der Waals surface area contributed by atoms with E-state index in [1.165, 1.54) is 0 Å². The molecule has 3 heterocycles. The number of ether oxygens (including phenoxy) is 2. The van der Waals surface area contributed by atoms with E-state index >= 15 is 0 Å². The zero-order chi connectivity index (χ0) is 41.3. The first kappa shape index (κ1) is 44.2. The quantitative estimate of drug-likeness (QED) is 0.117. The summed E-state index contributed by atoms with van der Waals surface area (Å²) in [6.07, 6.45) is 1.68. The molecule has 0 bridgehead atoms. The first-order valence-electron chi connectivity index (χ1n) is 20.2. The van der Waals surface area contributed by atoms with Gasteiger partial charge in [-0.05, 0) is 65.5 Å². The third-order valence-electron chi connectivity index (χ3n) is 12.7. The van der Waals surface area contributed by atoms with Gasteiger partial charge in [0.1, 0.15) is 18.9 Å². The molecule has 0 amide bonds. The second-order valence-electron chi connectivity index (χ2n) is 20.0. The summed E-state index contributed by atoms with van der Waals surface area (Å²) in [5.41, 5.74) is 3.33. The van der Waals surface area contributed by atoms with Crippen molar-refractivity contribution in [3.8, 4) is 5.88 Å². The summed E-state index contributed by atoms with van der Waals surface area (Å²) >= 11 is 0. The van der Waals surface area contributed by atoms with Crippen LogP contribution in [0.2, 0.25) is 54.4 Å². The molecule has 10 nitrogen and oxygen atoms in total. The molecule has 308 valence electrons. The normalized spacial score (nSPS) is 19.4. The number of hydrogen-bond acceptors (Lipinski definition) is 9. The van der Waals surface area contributed by atoms with Crippen molar-refractivity contribution >= 4 is 42.1 Å². The van der Waals surface area contributed by atoms with Gasteiger partial charge in [-0.15, -0.1) is 0 Å². The lowest BCUT2D eigenvalue weighted by Crippen LogP contribution is -2.48. The smallest absolute Gasteiger partial charge is 0.247 e. The van der Waals surface area contributed by atoms with E-state index in [-0.39, 0.29) is 39.6 Å². The maximum atomic E-state index is 7.12. The van der Waals surface area contributed by atoms with E-state index in [9.17, 15) is 0 Å². The van der Waals surface area contributed by atoms with Gasteiger partial charge in [0.15, 0.2) is 36.1 Å². The minimum Gasteiger partial charge on any atom is -0.471 e. The summed E-state index contributed by atoms with van der Waals surface area (Å²) in [7, 11) is -6.26. The molecule has 2 aromatic carbocycles. The lowest BCUT2D eigenvalue weighted by Gasteiger charge is -2.40. The summed E-state index contributed by atoms with van der Waals surface area (Å²) < 4.78 is 36.1. The van der Waals surface area contributed by atoms with E-state index in [2.05, 4.69) is 131 Å². The van der Waals surface area contributed by atoms with E-state index < -0.39 is 25.0 Å². The molecular formula is C43H69N5O5Si3. The molecule has 1 fully saturated rings. The summed E-state index contributed by atoms with van der Waals surface area (Å²) in [6, 6.07) is 20.3. The van der Waals surface area contributed by atoms with Gasteiger partial charge in [0.05, 0.1) is 31.7 Å². The Bertz CT molecular complexity index is 1890. The fourth-order valence-corrected chi connectivity index (χ4v) is 9.16. The van der Waals surface area contributed by atoms with Crippen molar-refractivity contribution in [1.82, 2.24) is 19.5 Å². The summed E-state index contributed by atoms with van der Waals surface area (Å²) in [5.74, 6) is 0.835. The Hall–Kier alpha value is -2.92. The Morgan fingerprint density at radius 3 is 1.93 bits per heavy atom. The molecule has 0 radical (unpaired) electrons. The molecule has 1 unspecified atom stereocenters. The second-order valence-corrected chi connectivity index (χ2v) is 34.4. The number of aromatic nitrogens is 4. The van der Waals surface area contributed by atoms with Crippen LogP contribution in [0.1, 0.15) is 92.1 Å². The number of hydrogen-bond donors (Lipinski definition) is 1. The lowest BCUT2D eigenvalue weighted by atomic mass is 10.1. The standard InChI is InChI=1S/C43H69N5O5Si3/c1-41(2,3)54(10,11)50-28-33(32-24-20-17-21-25-32)45-40-46-38-37(39(47-40)49-27-31-22-18-16-19-23-31)44-30-48(38)36-26-34(53-56(14,15)43(7,8)9)35(52-36)29-51-55(12,13)42(4,5)6/h16-25,30,33-36H,26-29H2,1-15H3,(H,45,46,47)/t33?,34-,35+,36+/m0/s1. The largest absolute Gasteiger partial charge is 0.471 e. The highest BCUT2D eigenvalue weighted by molar-refractivity contribution is 6.75. The first-order chi connectivity index (χ1) is 25.9. The van der Waals surface area contributed by atoms with Crippen molar-refractivity contribution in [2.75, 3.05) is 18.5 Å². The maximum Gasteiger partial charge on any atom is 0.247 e. The predicted molar refractivity (Wildman–Crippen MR) is 236 cm³/mol. The molecular weight excluding hydrogens is 751 g/mol. The Morgan fingerprint density at radius 2 is 1.34 bits per heavy atom. The number of nitrogens with zero attached hydrogens (tertiary/aromatic N) is 4. The SMILES string of the molecule is CC(C)(C)[Si](C)(C)OCC(Nc1nc(OCc2ccccc2)c2ncn([C@H]3C[C@H](O[Si](C)(C)C(C)(C)C)[C@@H](CO[Si](C)(C)C(C)(C)C)O3)c2n1)c1ccccc1. The summed E-state index contributed by atoms with van der Waals surface area (Å²) in [4.78, 5) is 15.0. The molecule has 13 heteroatoms. The highest BCUT2D eigenvalue weighted by Gasteiger charge is 2.47. The fraction of sp³-hybridized carbons (Fsp3) is 0.605. The second kappa shape index (κ2) is 16.7. The number of benzene rings is 2. The van der Waals surface area contributed by atoms with Crippen LogP contribution in [0, 0.1) is 0 Å². The Kier molecular flexibility index (Phi) is 13.2.